The Morgan fingerprint density at radius 1 is 1.36 bits per heavy atom. The standard InChI is InChI=1S/C12H16N2/c1-9(2)12(3,8-13)10-6-4-5-7-11(10)14/h4-7,9H,14H2,1-3H3. The molecule has 2 nitrogen and oxygen atoms in total. The number of hydrogen-bond acceptors (Lipinski definition) is 2. The van der Waals surface area contributed by atoms with Crippen LogP contribution < -0.4 is 5.73 Å². The molecule has 1 aromatic carbocycles. The molecule has 1 aromatic rings. The molecule has 0 radical (unpaired) electrons. The lowest BCUT2D eigenvalue weighted by molar-refractivity contribution is 0.432. The monoisotopic (exact) mass is 188 g/mol. The maximum absolute atomic E-state index is 9.23. The largest absolute Gasteiger partial charge is 0.398 e. The van der Waals surface area contributed by atoms with Crippen LogP contribution in [0.3, 0.4) is 0 Å². The van der Waals surface area contributed by atoms with E-state index in [0.717, 1.165) is 5.56 Å². The molecule has 1 atom stereocenters. The first kappa shape index (κ1) is 10.6. The van der Waals surface area contributed by atoms with Crippen LogP contribution in [0.4, 0.5) is 5.69 Å². The Bertz CT molecular complexity index is 363. The first-order valence-electron chi connectivity index (χ1n) is 4.78. The van der Waals surface area contributed by atoms with Gasteiger partial charge >= 0.3 is 0 Å². The third kappa shape index (κ3) is 1.58. The van der Waals surface area contributed by atoms with Crippen LogP contribution in [0.15, 0.2) is 24.3 Å². The highest BCUT2D eigenvalue weighted by Crippen LogP contribution is 2.34. The smallest absolute Gasteiger partial charge is 0.0836 e. The Morgan fingerprint density at radius 2 is 1.93 bits per heavy atom. The second-order valence-electron chi connectivity index (χ2n) is 4.06. The fourth-order valence-electron chi connectivity index (χ4n) is 1.47. The third-order valence-corrected chi connectivity index (χ3v) is 2.91. The van der Waals surface area contributed by atoms with E-state index >= 15 is 0 Å². The Balaban J connectivity index is 3.28. The average Bonchev–Trinajstić information content (AvgIpc) is 2.17. The van der Waals surface area contributed by atoms with Crippen LogP contribution in [-0.4, -0.2) is 0 Å². The maximum atomic E-state index is 9.23. The summed E-state index contributed by atoms with van der Waals surface area (Å²) >= 11 is 0. The van der Waals surface area contributed by atoms with Crippen molar-refractivity contribution in [2.24, 2.45) is 5.92 Å². The molecule has 14 heavy (non-hydrogen) atoms. The van der Waals surface area contributed by atoms with Gasteiger partial charge in [0.15, 0.2) is 0 Å². The number of para-hydroxylation sites is 1. The predicted molar refractivity (Wildman–Crippen MR) is 58.7 cm³/mol. The van der Waals surface area contributed by atoms with Crippen molar-refractivity contribution in [3.05, 3.63) is 29.8 Å². The zero-order valence-corrected chi connectivity index (χ0v) is 8.91. The van der Waals surface area contributed by atoms with Gasteiger partial charge in [-0.1, -0.05) is 32.0 Å². The number of nitrogens with two attached hydrogens (primary N) is 1. The molecule has 0 heterocycles. The number of rotatable bonds is 2. The number of anilines is 1. The molecule has 2 N–H and O–H groups in total. The molecule has 0 fully saturated rings. The quantitative estimate of drug-likeness (QED) is 0.725. The van der Waals surface area contributed by atoms with E-state index < -0.39 is 5.41 Å². The highest BCUT2D eigenvalue weighted by molar-refractivity contribution is 5.53. The summed E-state index contributed by atoms with van der Waals surface area (Å²) in [6.45, 7) is 6.01. The minimum Gasteiger partial charge on any atom is -0.398 e. The van der Waals surface area contributed by atoms with Crippen LogP contribution in [0.2, 0.25) is 0 Å². The number of hydrogen-bond donors (Lipinski definition) is 1. The molecule has 0 aliphatic carbocycles. The van der Waals surface area contributed by atoms with Crippen molar-refractivity contribution >= 4 is 5.69 Å². The van der Waals surface area contributed by atoms with Gasteiger partial charge in [-0.3, -0.25) is 0 Å². The number of nitrogen functional groups attached to an aromatic ring is 1. The SMILES string of the molecule is CC(C)C(C)(C#N)c1ccccc1N. The topological polar surface area (TPSA) is 49.8 Å². The van der Waals surface area contributed by atoms with Crippen molar-refractivity contribution in [3.63, 3.8) is 0 Å². The molecule has 1 unspecified atom stereocenters. The van der Waals surface area contributed by atoms with Gasteiger partial charge in [-0.15, -0.1) is 0 Å². The van der Waals surface area contributed by atoms with E-state index in [2.05, 4.69) is 6.07 Å². The molecular formula is C12H16N2. The van der Waals surface area contributed by atoms with Crippen LogP contribution in [0.5, 0.6) is 0 Å². The molecule has 0 bridgehead atoms. The number of nitriles is 1. The summed E-state index contributed by atoms with van der Waals surface area (Å²) in [7, 11) is 0. The molecular weight excluding hydrogens is 172 g/mol. The molecule has 1 rings (SSSR count). The van der Waals surface area contributed by atoms with Gasteiger partial charge in [0.05, 0.1) is 11.5 Å². The lowest BCUT2D eigenvalue weighted by atomic mass is 9.74. The van der Waals surface area contributed by atoms with E-state index in [1.807, 2.05) is 45.0 Å². The molecule has 0 aromatic heterocycles. The van der Waals surface area contributed by atoms with E-state index in [0.29, 0.717) is 5.69 Å². The fourth-order valence-corrected chi connectivity index (χ4v) is 1.47. The van der Waals surface area contributed by atoms with Gasteiger partial charge in [0.2, 0.25) is 0 Å². The van der Waals surface area contributed by atoms with Crippen LogP contribution >= 0.6 is 0 Å². The minimum absolute atomic E-state index is 0.247. The molecule has 0 aliphatic heterocycles. The first-order valence-corrected chi connectivity index (χ1v) is 4.78. The van der Waals surface area contributed by atoms with Crippen molar-refractivity contribution < 1.29 is 0 Å². The Labute approximate surface area is 85.4 Å². The average molecular weight is 188 g/mol. The lowest BCUT2D eigenvalue weighted by Gasteiger charge is -2.27. The van der Waals surface area contributed by atoms with Crippen molar-refractivity contribution in [1.82, 2.24) is 0 Å². The maximum Gasteiger partial charge on any atom is 0.0836 e. The summed E-state index contributed by atoms with van der Waals surface area (Å²) in [5.41, 5.74) is 7.00. The molecule has 0 spiro atoms. The van der Waals surface area contributed by atoms with Gasteiger partial charge < -0.3 is 5.73 Å². The summed E-state index contributed by atoms with van der Waals surface area (Å²) in [5, 5.41) is 9.23. The normalized spacial score (nSPS) is 14.8. The molecule has 0 saturated heterocycles. The molecule has 74 valence electrons. The van der Waals surface area contributed by atoms with Crippen molar-refractivity contribution in [3.8, 4) is 6.07 Å². The van der Waals surface area contributed by atoms with E-state index in [1.54, 1.807) is 0 Å². The van der Waals surface area contributed by atoms with Crippen LogP contribution in [0, 0.1) is 17.2 Å². The third-order valence-electron chi connectivity index (χ3n) is 2.91. The summed E-state index contributed by atoms with van der Waals surface area (Å²) in [5.74, 6) is 0.247. The number of nitrogens with zero attached hydrogens (tertiary/aromatic N) is 1. The van der Waals surface area contributed by atoms with Crippen molar-refractivity contribution in [2.45, 2.75) is 26.2 Å². The Kier molecular flexibility index (Phi) is 2.81. The van der Waals surface area contributed by atoms with Gasteiger partial charge in [-0.05, 0) is 24.5 Å². The van der Waals surface area contributed by atoms with E-state index in [1.165, 1.54) is 0 Å². The first-order chi connectivity index (χ1) is 6.52. The van der Waals surface area contributed by atoms with Gasteiger partial charge in [0.1, 0.15) is 0 Å². The van der Waals surface area contributed by atoms with Gasteiger partial charge in [0.25, 0.3) is 0 Å². The second-order valence-corrected chi connectivity index (χ2v) is 4.06. The van der Waals surface area contributed by atoms with Gasteiger partial charge in [0, 0.05) is 5.69 Å². The molecule has 2 heteroatoms. The van der Waals surface area contributed by atoms with Gasteiger partial charge in [-0.2, -0.15) is 5.26 Å². The summed E-state index contributed by atoms with van der Waals surface area (Å²) in [6, 6.07) is 9.93. The van der Waals surface area contributed by atoms with E-state index in [4.69, 9.17) is 5.73 Å². The Hall–Kier alpha value is -1.49. The number of benzene rings is 1. The Morgan fingerprint density at radius 3 is 2.36 bits per heavy atom. The van der Waals surface area contributed by atoms with Crippen LogP contribution in [0.1, 0.15) is 26.3 Å². The zero-order valence-electron chi connectivity index (χ0n) is 8.91. The highest BCUT2D eigenvalue weighted by atomic mass is 14.6. The summed E-state index contributed by atoms with van der Waals surface area (Å²) in [6.07, 6.45) is 0. The lowest BCUT2D eigenvalue weighted by Crippen LogP contribution is -2.27. The predicted octanol–water partition coefficient (Wildman–Crippen LogP) is 2.71. The molecule has 0 aliphatic rings. The van der Waals surface area contributed by atoms with E-state index in [9.17, 15) is 5.26 Å². The minimum atomic E-state index is -0.495. The summed E-state index contributed by atoms with van der Waals surface area (Å²) in [4.78, 5) is 0. The van der Waals surface area contributed by atoms with Crippen LogP contribution in [0.25, 0.3) is 0 Å². The van der Waals surface area contributed by atoms with Crippen molar-refractivity contribution in [2.75, 3.05) is 5.73 Å². The fraction of sp³-hybridized carbons (Fsp3) is 0.417. The summed E-state index contributed by atoms with van der Waals surface area (Å²) < 4.78 is 0. The zero-order chi connectivity index (χ0) is 10.8. The van der Waals surface area contributed by atoms with Crippen molar-refractivity contribution in [1.29, 1.82) is 5.26 Å². The van der Waals surface area contributed by atoms with E-state index in [-0.39, 0.29) is 5.92 Å². The van der Waals surface area contributed by atoms with Crippen LogP contribution in [-0.2, 0) is 5.41 Å². The van der Waals surface area contributed by atoms with Gasteiger partial charge in [-0.25, -0.2) is 0 Å². The highest BCUT2D eigenvalue weighted by Gasteiger charge is 2.31. The molecule has 0 saturated carbocycles. The second kappa shape index (κ2) is 3.71. The molecule has 0 amide bonds.